The van der Waals surface area contributed by atoms with Crippen molar-refractivity contribution in [2.75, 3.05) is 32.0 Å². The van der Waals surface area contributed by atoms with E-state index in [-0.39, 0.29) is 22.1 Å². The lowest BCUT2D eigenvalue weighted by Gasteiger charge is -2.13. The molecule has 0 spiro atoms. The summed E-state index contributed by atoms with van der Waals surface area (Å²) in [6.45, 7) is 3.07. The van der Waals surface area contributed by atoms with E-state index < -0.39 is 10.0 Å². The van der Waals surface area contributed by atoms with Gasteiger partial charge in [0.1, 0.15) is 10.6 Å². The maximum Gasteiger partial charge on any atom is 0.265 e. The van der Waals surface area contributed by atoms with Crippen LogP contribution in [0.3, 0.4) is 0 Å². The number of aryl methyl sites for hydroxylation is 1. The summed E-state index contributed by atoms with van der Waals surface area (Å²) in [5.41, 5.74) is 1.79. The zero-order valence-electron chi connectivity index (χ0n) is 15.7. The molecule has 0 saturated carbocycles. The molecule has 3 N–H and O–H groups in total. The second-order valence-electron chi connectivity index (χ2n) is 5.88. The van der Waals surface area contributed by atoms with Crippen molar-refractivity contribution >= 4 is 21.6 Å². The summed E-state index contributed by atoms with van der Waals surface area (Å²) in [6, 6.07) is 11.5. The first-order chi connectivity index (χ1) is 12.9. The second kappa shape index (κ2) is 9.38. The van der Waals surface area contributed by atoms with Crippen LogP contribution in [0.2, 0.25) is 0 Å². The standard InChI is InChI=1S/C19H25N3O4S/c1-4-14-5-8-16(9-6-14)22-27(24,25)18-13-15(7-10-17(18)26-3)19(23)21-12-11-20-2/h5-10,13,20,22H,4,11-12H2,1-3H3,(H,21,23). The quantitative estimate of drug-likeness (QED) is 0.568. The van der Waals surface area contributed by atoms with Crippen LogP contribution in [-0.2, 0) is 16.4 Å². The first kappa shape index (κ1) is 20.7. The molecule has 0 aliphatic heterocycles. The van der Waals surface area contributed by atoms with Gasteiger partial charge in [-0.25, -0.2) is 8.42 Å². The number of sulfonamides is 1. The average molecular weight is 391 g/mol. The monoisotopic (exact) mass is 391 g/mol. The Labute approximate surface area is 160 Å². The lowest BCUT2D eigenvalue weighted by molar-refractivity contribution is 0.0954. The third-order valence-corrected chi connectivity index (χ3v) is 5.39. The number of carbonyl (C=O) groups is 1. The van der Waals surface area contributed by atoms with Crippen molar-refractivity contribution in [3.8, 4) is 5.75 Å². The van der Waals surface area contributed by atoms with E-state index in [0.717, 1.165) is 12.0 Å². The Morgan fingerprint density at radius 3 is 2.37 bits per heavy atom. The number of ether oxygens (including phenoxy) is 1. The highest BCUT2D eigenvalue weighted by Gasteiger charge is 2.22. The van der Waals surface area contributed by atoms with Crippen molar-refractivity contribution in [1.29, 1.82) is 0 Å². The van der Waals surface area contributed by atoms with Gasteiger partial charge in [-0.1, -0.05) is 19.1 Å². The summed E-state index contributed by atoms with van der Waals surface area (Å²) in [6.07, 6.45) is 0.867. The Kier molecular flexibility index (Phi) is 7.20. The fourth-order valence-corrected chi connectivity index (χ4v) is 3.70. The van der Waals surface area contributed by atoms with Gasteiger partial charge >= 0.3 is 0 Å². The van der Waals surface area contributed by atoms with Gasteiger partial charge in [-0.3, -0.25) is 9.52 Å². The molecule has 0 heterocycles. The number of hydrogen-bond acceptors (Lipinski definition) is 5. The summed E-state index contributed by atoms with van der Waals surface area (Å²) in [4.78, 5) is 12.1. The molecule has 1 amide bonds. The molecular formula is C19H25N3O4S. The molecule has 0 aromatic heterocycles. The molecule has 0 aliphatic rings. The van der Waals surface area contributed by atoms with Crippen LogP contribution in [0.4, 0.5) is 5.69 Å². The van der Waals surface area contributed by atoms with E-state index >= 15 is 0 Å². The number of rotatable bonds is 9. The van der Waals surface area contributed by atoms with Crippen molar-refractivity contribution in [2.45, 2.75) is 18.2 Å². The minimum Gasteiger partial charge on any atom is -0.495 e. The molecular weight excluding hydrogens is 366 g/mol. The number of likely N-dealkylation sites (N-methyl/N-ethyl adjacent to an activating group) is 1. The number of anilines is 1. The molecule has 0 bridgehead atoms. The van der Waals surface area contributed by atoms with E-state index in [9.17, 15) is 13.2 Å². The van der Waals surface area contributed by atoms with E-state index in [1.165, 1.54) is 25.3 Å². The van der Waals surface area contributed by atoms with E-state index in [2.05, 4.69) is 15.4 Å². The molecule has 7 nitrogen and oxygen atoms in total. The molecule has 0 fully saturated rings. The zero-order chi connectivity index (χ0) is 19.9. The topological polar surface area (TPSA) is 96.5 Å². The highest BCUT2D eigenvalue weighted by atomic mass is 32.2. The van der Waals surface area contributed by atoms with E-state index in [4.69, 9.17) is 4.74 Å². The molecule has 146 valence electrons. The summed E-state index contributed by atoms with van der Waals surface area (Å²) in [5, 5.41) is 5.64. The van der Waals surface area contributed by atoms with Crippen molar-refractivity contribution in [1.82, 2.24) is 10.6 Å². The second-order valence-corrected chi connectivity index (χ2v) is 7.53. The maximum absolute atomic E-state index is 12.8. The number of carbonyl (C=O) groups excluding carboxylic acids is 1. The zero-order valence-corrected chi connectivity index (χ0v) is 16.5. The summed E-state index contributed by atoms with van der Waals surface area (Å²) in [5.74, 6) is -0.184. The summed E-state index contributed by atoms with van der Waals surface area (Å²) < 4.78 is 33.4. The van der Waals surface area contributed by atoms with Gasteiger partial charge < -0.3 is 15.4 Å². The largest absolute Gasteiger partial charge is 0.495 e. The maximum atomic E-state index is 12.8. The van der Waals surface area contributed by atoms with Crippen LogP contribution < -0.4 is 20.1 Å². The van der Waals surface area contributed by atoms with Crippen LogP contribution in [0.5, 0.6) is 5.75 Å². The van der Waals surface area contributed by atoms with Crippen LogP contribution in [0.25, 0.3) is 0 Å². The highest BCUT2D eigenvalue weighted by molar-refractivity contribution is 7.92. The molecule has 0 atom stereocenters. The Bertz CT molecular complexity index is 880. The lowest BCUT2D eigenvalue weighted by atomic mass is 10.2. The molecule has 0 radical (unpaired) electrons. The molecule has 0 aliphatic carbocycles. The van der Waals surface area contributed by atoms with Crippen LogP contribution in [0, 0.1) is 0 Å². The fourth-order valence-electron chi connectivity index (χ4n) is 2.45. The first-order valence-electron chi connectivity index (χ1n) is 8.64. The van der Waals surface area contributed by atoms with E-state index in [1.54, 1.807) is 19.2 Å². The fraction of sp³-hybridized carbons (Fsp3) is 0.316. The van der Waals surface area contributed by atoms with Gasteiger partial charge in [0, 0.05) is 24.3 Å². The first-order valence-corrected chi connectivity index (χ1v) is 10.1. The molecule has 0 saturated heterocycles. The predicted octanol–water partition coefficient (Wildman–Crippen LogP) is 2.01. The number of benzene rings is 2. The van der Waals surface area contributed by atoms with Crippen molar-refractivity contribution < 1.29 is 17.9 Å². The van der Waals surface area contributed by atoms with Gasteiger partial charge in [-0.15, -0.1) is 0 Å². The Morgan fingerprint density at radius 1 is 1.07 bits per heavy atom. The lowest BCUT2D eigenvalue weighted by Crippen LogP contribution is -2.30. The van der Waals surface area contributed by atoms with Crippen molar-refractivity contribution in [3.63, 3.8) is 0 Å². The van der Waals surface area contributed by atoms with Gasteiger partial charge in [-0.05, 0) is 49.4 Å². The smallest absolute Gasteiger partial charge is 0.265 e. The highest BCUT2D eigenvalue weighted by Crippen LogP contribution is 2.27. The third-order valence-electron chi connectivity index (χ3n) is 3.99. The number of methoxy groups -OCH3 is 1. The molecule has 0 unspecified atom stereocenters. The third kappa shape index (κ3) is 5.45. The molecule has 2 rings (SSSR count). The number of hydrogen-bond donors (Lipinski definition) is 3. The van der Waals surface area contributed by atoms with Crippen molar-refractivity contribution in [2.24, 2.45) is 0 Å². The SMILES string of the molecule is CCc1ccc(NS(=O)(=O)c2cc(C(=O)NCCNC)ccc2OC)cc1. The van der Waals surface area contributed by atoms with Gasteiger partial charge in [0.25, 0.3) is 15.9 Å². The number of amides is 1. The molecule has 2 aromatic rings. The van der Waals surface area contributed by atoms with Crippen molar-refractivity contribution in [3.05, 3.63) is 53.6 Å². The molecule has 8 heteroatoms. The van der Waals surface area contributed by atoms with Crippen LogP contribution in [-0.4, -0.2) is 41.6 Å². The summed E-state index contributed by atoms with van der Waals surface area (Å²) >= 11 is 0. The van der Waals surface area contributed by atoms with E-state index in [0.29, 0.717) is 18.8 Å². The predicted molar refractivity (Wildman–Crippen MR) is 106 cm³/mol. The Morgan fingerprint density at radius 2 is 1.78 bits per heavy atom. The molecule has 27 heavy (non-hydrogen) atoms. The van der Waals surface area contributed by atoms with Crippen LogP contribution in [0.15, 0.2) is 47.4 Å². The minimum atomic E-state index is -3.92. The van der Waals surface area contributed by atoms with Gasteiger partial charge in [0.05, 0.1) is 7.11 Å². The van der Waals surface area contributed by atoms with E-state index in [1.807, 2.05) is 19.1 Å². The summed E-state index contributed by atoms with van der Waals surface area (Å²) in [7, 11) is -0.758. The van der Waals surface area contributed by atoms with Crippen LogP contribution in [0.1, 0.15) is 22.8 Å². The minimum absolute atomic E-state index is 0.0918. The van der Waals surface area contributed by atoms with Crippen LogP contribution >= 0.6 is 0 Å². The Balaban J connectivity index is 2.29. The van der Waals surface area contributed by atoms with Gasteiger partial charge in [0.2, 0.25) is 0 Å². The normalized spacial score (nSPS) is 11.1. The Hall–Kier alpha value is -2.58. The van der Waals surface area contributed by atoms with Gasteiger partial charge in [0.15, 0.2) is 0 Å². The number of nitrogens with one attached hydrogen (secondary N) is 3. The van der Waals surface area contributed by atoms with Gasteiger partial charge in [-0.2, -0.15) is 0 Å². The molecule has 2 aromatic carbocycles. The average Bonchev–Trinajstić information content (AvgIpc) is 2.68.